The third kappa shape index (κ3) is 7.69. The number of thioether (sulfide) groups is 1. The highest BCUT2D eigenvalue weighted by Crippen LogP contribution is 2.22. The molecule has 2 aromatic rings. The van der Waals surface area contributed by atoms with E-state index in [1.165, 1.54) is 0 Å². The smallest absolute Gasteiger partial charge is 0.242 e. The van der Waals surface area contributed by atoms with Gasteiger partial charge in [0.1, 0.15) is 6.04 Å². The molecular formula is C24H31ClN2O2S. The second kappa shape index (κ2) is 12.7. The largest absolute Gasteiger partial charge is 0.354 e. The van der Waals surface area contributed by atoms with Gasteiger partial charge in [0.2, 0.25) is 11.8 Å². The van der Waals surface area contributed by atoms with Crippen LogP contribution in [-0.4, -0.2) is 35.1 Å². The molecule has 0 spiro atoms. The standard InChI is InChI=1S/C24H31ClN2O2S/c1-4-14-26-24(29)22(5-2)27(17-19-8-6-7-18(3)16-19)23(28)13-15-30-21-11-9-20(25)10-12-21/h6-12,16,22H,4-5,13-15,17H2,1-3H3,(H,26,29)/t22-/m0/s1. The Balaban J connectivity index is 2.10. The van der Waals surface area contributed by atoms with Crippen molar-refractivity contribution in [1.29, 1.82) is 0 Å². The summed E-state index contributed by atoms with van der Waals surface area (Å²) < 4.78 is 0. The fourth-order valence-electron chi connectivity index (χ4n) is 3.22. The molecule has 4 nitrogen and oxygen atoms in total. The number of halogens is 1. The van der Waals surface area contributed by atoms with Crippen LogP contribution in [-0.2, 0) is 16.1 Å². The lowest BCUT2D eigenvalue weighted by molar-refractivity contribution is -0.141. The van der Waals surface area contributed by atoms with Gasteiger partial charge in [-0.25, -0.2) is 0 Å². The highest BCUT2D eigenvalue weighted by molar-refractivity contribution is 7.99. The first-order valence-electron chi connectivity index (χ1n) is 10.5. The third-order valence-corrected chi connectivity index (χ3v) is 6.03. The molecule has 0 saturated heterocycles. The number of nitrogens with one attached hydrogen (secondary N) is 1. The maximum atomic E-state index is 13.2. The molecule has 0 unspecified atom stereocenters. The maximum Gasteiger partial charge on any atom is 0.242 e. The molecule has 2 aromatic carbocycles. The molecule has 0 heterocycles. The molecule has 0 aliphatic rings. The number of carbonyl (C=O) groups is 2. The zero-order valence-electron chi connectivity index (χ0n) is 18.0. The number of carbonyl (C=O) groups excluding carboxylic acids is 2. The Morgan fingerprint density at radius 1 is 1.13 bits per heavy atom. The predicted octanol–water partition coefficient (Wildman–Crippen LogP) is 5.46. The van der Waals surface area contributed by atoms with Gasteiger partial charge in [-0.15, -0.1) is 11.8 Å². The summed E-state index contributed by atoms with van der Waals surface area (Å²) in [7, 11) is 0. The molecule has 2 amide bonds. The fourth-order valence-corrected chi connectivity index (χ4v) is 4.19. The SMILES string of the molecule is CCCNC(=O)[C@H](CC)N(Cc1cccc(C)c1)C(=O)CCSc1ccc(Cl)cc1. The summed E-state index contributed by atoms with van der Waals surface area (Å²) in [5, 5.41) is 3.65. The van der Waals surface area contributed by atoms with E-state index in [1.807, 2.05) is 63.2 Å². The van der Waals surface area contributed by atoms with Crippen LogP contribution in [0.15, 0.2) is 53.4 Å². The molecule has 162 valence electrons. The second-order valence-corrected chi connectivity index (χ2v) is 8.88. The summed E-state index contributed by atoms with van der Waals surface area (Å²) >= 11 is 7.55. The Labute approximate surface area is 189 Å². The van der Waals surface area contributed by atoms with Gasteiger partial charge in [0, 0.05) is 35.2 Å². The van der Waals surface area contributed by atoms with Gasteiger partial charge in [0.15, 0.2) is 0 Å². The van der Waals surface area contributed by atoms with E-state index in [0.29, 0.717) is 36.7 Å². The monoisotopic (exact) mass is 446 g/mol. The zero-order valence-corrected chi connectivity index (χ0v) is 19.6. The Morgan fingerprint density at radius 2 is 1.87 bits per heavy atom. The van der Waals surface area contributed by atoms with Crippen molar-refractivity contribution in [2.75, 3.05) is 12.3 Å². The van der Waals surface area contributed by atoms with Gasteiger partial charge in [0.05, 0.1) is 0 Å². The predicted molar refractivity (Wildman–Crippen MR) is 126 cm³/mol. The Bertz CT molecular complexity index is 826. The van der Waals surface area contributed by atoms with Crippen molar-refractivity contribution < 1.29 is 9.59 Å². The van der Waals surface area contributed by atoms with Crippen molar-refractivity contribution >= 4 is 35.2 Å². The lowest BCUT2D eigenvalue weighted by Crippen LogP contribution is -2.49. The summed E-state index contributed by atoms with van der Waals surface area (Å²) in [6, 6.07) is 15.2. The van der Waals surface area contributed by atoms with Crippen LogP contribution >= 0.6 is 23.4 Å². The lowest BCUT2D eigenvalue weighted by Gasteiger charge is -2.31. The van der Waals surface area contributed by atoms with E-state index in [-0.39, 0.29) is 11.8 Å². The molecule has 6 heteroatoms. The van der Waals surface area contributed by atoms with E-state index >= 15 is 0 Å². The molecular weight excluding hydrogens is 416 g/mol. The van der Waals surface area contributed by atoms with Crippen molar-refractivity contribution in [3.8, 4) is 0 Å². The van der Waals surface area contributed by atoms with E-state index in [0.717, 1.165) is 22.4 Å². The first-order valence-corrected chi connectivity index (χ1v) is 11.8. The first kappa shape index (κ1) is 24.3. The van der Waals surface area contributed by atoms with Crippen molar-refractivity contribution in [2.24, 2.45) is 0 Å². The topological polar surface area (TPSA) is 49.4 Å². The summed E-state index contributed by atoms with van der Waals surface area (Å²) in [5.74, 6) is 0.569. The Kier molecular flexibility index (Phi) is 10.2. The molecule has 30 heavy (non-hydrogen) atoms. The van der Waals surface area contributed by atoms with Crippen LogP contribution in [0.1, 0.15) is 44.2 Å². The van der Waals surface area contributed by atoms with Crippen molar-refractivity contribution in [2.45, 2.75) is 57.5 Å². The van der Waals surface area contributed by atoms with E-state index < -0.39 is 6.04 Å². The van der Waals surface area contributed by atoms with Crippen LogP contribution in [0.4, 0.5) is 0 Å². The molecule has 0 aliphatic carbocycles. The van der Waals surface area contributed by atoms with E-state index in [9.17, 15) is 9.59 Å². The average Bonchev–Trinajstić information content (AvgIpc) is 2.73. The quantitative estimate of drug-likeness (QED) is 0.466. The number of amides is 2. The number of benzene rings is 2. The highest BCUT2D eigenvalue weighted by atomic mass is 35.5. The Morgan fingerprint density at radius 3 is 2.50 bits per heavy atom. The summed E-state index contributed by atoms with van der Waals surface area (Å²) in [5.41, 5.74) is 2.18. The van der Waals surface area contributed by atoms with E-state index in [1.54, 1.807) is 16.7 Å². The molecule has 0 saturated carbocycles. The first-order chi connectivity index (χ1) is 14.4. The van der Waals surface area contributed by atoms with E-state index in [4.69, 9.17) is 11.6 Å². The van der Waals surface area contributed by atoms with Gasteiger partial charge in [-0.3, -0.25) is 9.59 Å². The molecule has 0 aromatic heterocycles. The van der Waals surface area contributed by atoms with Crippen LogP contribution in [0, 0.1) is 6.92 Å². The van der Waals surface area contributed by atoms with Crippen LogP contribution < -0.4 is 5.32 Å². The number of aryl methyl sites for hydroxylation is 1. The molecule has 1 N–H and O–H groups in total. The lowest BCUT2D eigenvalue weighted by atomic mass is 10.1. The van der Waals surface area contributed by atoms with Gasteiger partial charge in [-0.1, -0.05) is 55.3 Å². The minimum Gasteiger partial charge on any atom is -0.354 e. The number of hydrogen-bond donors (Lipinski definition) is 1. The maximum absolute atomic E-state index is 13.2. The molecule has 1 atom stereocenters. The minimum absolute atomic E-state index is 0.00327. The highest BCUT2D eigenvalue weighted by Gasteiger charge is 2.28. The van der Waals surface area contributed by atoms with Crippen LogP contribution in [0.25, 0.3) is 0 Å². The molecule has 2 rings (SSSR count). The van der Waals surface area contributed by atoms with Gasteiger partial charge in [-0.2, -0.15) is 0 Å². The zero-order chi connectivity index (χ0) is 21.9. The number of rotatable bonds is 11. The normalized spacial score (nSPS) is 11.7. The third-order valence-electron chi connectivity index (χ3n) is 4.77. The van der Waals surface area contributed by atoms with Crippen molar-refractivity contribution in [3.63, 3.8) is 0 Å². The fraction of sp³-hybridized carbons (Fsp3) is 0.417. The molecule has 0 radical (unpaired) electrons. The molecule has 0 aliphatic heterocycles. The Hall–Kier alpha value is -1.98. The van der Waals surface area contributed by atoms with Crippen LogP contribution in [0.3, 0.4) is 0 Å². The van der Waals surface area contributed by atoms with Gasteiger partial charge in [0.25, 0.3) is 0 Å². The van der Waals surface area contributed by atoms with Crippen LogP contribution in [0.2, 0.25) is 5.02 Å². The number of hydrogen-bond acceptors (Lipinski definition) is 3. The van der Waals surface area contributed by atoms with Crippen LogP contribution in [0.5, 0.6) is 0 Å². The average molecular weight is 447 g/mol. The minimum atomic E-state index is -0.468. The number of nitrogens with zero attached hydrogens (tertiary/aromatic N) is 1. The van der Waals surface area contributed by atoms with Gasteiger partial charge in [-0.05, 0) is 49.6 Å². The summed E-state index contributed by atoms with van der Waals surface area (Å²) in [6.45, 7) is 7.06. The molecule has 0 bridgehead atoms. The molecule has 0 fully saturated rings. The van der Waals surface area contributed by atoms with Gasteiger partial charge >= 0.3 is 0 Å². The van der Waals surface area contributed by atoms with Crippen molar-refractivity contribution in [3.05, 3.63) is 64.7 Å². The van der Waals surface area contributed by atoms with Crippen molar-refractivity contribution in [1.82, 2.24) is 10.2 Å². The van der Waals surface area contributed by atoms with E-state index in [2.05, 4.69) is 11.4 Å². The summed E-state index contributed by atoms with van der Waals surface area (Å²) in [6.07, 6.45) is 1.82. The summed E-state index contributed by atoms with van der Waals surface area (Å²) in [4.78, 5) is 28.7. The second-order valence-electron chi connectivity index (χ2n) is 7.28. The van der Waals surface area contributed by atoms with Gasteiger partial charge < -0.3 is 10.2 Å².